The van der Waals surface area contributed by atoms with Crippen molar-refractivity contribution in [1.82, 2.24) is 0 Å². The maximum absolute atomic E-state index is 11.9. The second kappa shape index (κ2) is 5.32. The van der Waals surface area contributed by atoms with Gasteiger partial charge in [-0.2, -0.15) is 0 Å². The van der Waals surface area contributed by atoms with Crippen molar-refractivity contribution >= 4 is 5.78 Å². The molecule has 17 heavy (non-hydrogen) atoms. The number of rotatable bonds is 4. The average Bonchev–Trinajstić information content (AvgIpc) is 2.35. The second-order valence-corrected chi connectivity index (χ2v) is 4.46. The lowest BCUT2D eigenvalue weighted by molar-refractivity contribution is 0.0185. The zero-order valence-electron chi connectivity index (χ0n) is 10.1. The van der Waals surface area contributed by atoms with Gasteiger partial charge in [0.25, 0.3) is 0 Å². The number of hydrogen-bond donors (Lipinski definition) is 1. The summed E-state index contributed by atoms with van der Waals surface area (Å²) in [4.78, 5) is 11.9. The molecular weight excluding hydrogens is 216 g/mol. The maximum Gasteiger partial charge on any atom is 0.198 e. The maximum atomic E-state index is 11.9. The molecule has 2 unspecified atom stereocenters. The highest BCUT2D eigenvalue weighted by molar-refractivity contribution is 6.03. The Hall–Kier alpha value is -1.35. The molecule has 3 heteroatoms. The Labute approximate surface area is 101 Å². The molecule has 0 bridgehead atoms. The lowest BCUT2D eigenvalue weighted by atomic mass is 9.95. The van der Waals surface area contributed by atoms with E-state index in [0.717, 1.165) is 25.7 Å². The van der Waals surface area contributed by atoms with Gasteiger partial charge in [0, 0.05) is 0 Å². The van der Waals surface area contributed by atoms with Crippen molar-refractivity contribution in [2.75, 3.05) is 0 Å². The molecule has 0 fully saturated rings. The summed E-state index contributed by atoms with van der Waals surface area (Å²) in [5, 5.41) is 9.91. The predicted octanol–water partition coefficient (Wildman–Crippen LogP) is 2.57. The summed E-state index contributed by atoms with van der Waals surface area (Å²) in [7, 11) is 0. The number of aliphatic hydroxyl groups excluding tert-OH is 1. The number of ether oxygens (including phenoxy) is 1. The fourth-order valence-electron chi connectivity index (χ4n) is 2.14. The fraction of sp³-hybridized carbons (Fsp3) is 0.500. The van der Waals surface area contributed by atoms with Crippen LogP contribution in [0.2, 0.25) is 0 Å². The van der Waals surface area contributed by atoms with Crippen molar-refractivity contribution in [3.05, 3.63) is 29.8 Å². The number of Topliss-reactive ketones (excluding diaryl/α,β-unsaturated/α-hetero) is 1. The lowest BCUT2D eigenvalue weighted by Crippen LogP contribution is -2.42. The number of benzene rings is 1. The first-order chi connectivity index (χ1) is 8.24. The van der Waals surface area contributed by atoms with Crippen LogP contribution in [0.4, 0.5) is 0 Å². The van der Waals surface area contributed by atoms with Crippen molar-refractivity contribution in [2.45, 2.75) is 44.8 Å². The number of para-hydroxylation sites is 1. The molecule has 1 aliphatic rings. The number of unbranched alkanes of at least 4 members (excludes halogenated alkanes) is 2. The second-order valence-electron chi connectivity index (χ2n) is 4.46. The number of ketones is 1. The van der Waals surface area contributed by atoms with Crippen molar-refractivity contribution in [3.63, 3.8) is 0 Å². The topological polar surface area (TPSA) is 46.5 Å². The minimum Gasteiger partial charge on any atom is -0.486 e. The number of hydrogen-bond acceptors (Lipinski definition) is 3. The Morgan fingerprint density at radius 1 is 1.29 bits per heavy atom. The minimum atomic E-state index is -1.01. The van der Waals surface area contributed by atoms with Gasteiger partial charge in [0.1, 0.15) is 11.9 Å². The molecule has 1 N–H and O–H groups in total. The van der Waals surface area contributed by atoms with Gasteiger partial charge < -0.3 is 9.84 Å². The standard InChI is InChI=1S/C14H18O3/c1-2-3-4-9-12-14(16)13(15)10-7-5-6-8-11(10)17-12/h5-8,12,14,16H,2-4,9H2,1H3. The van der Waals surface area contributed by atoms with E-state index in [2.05, 4.69) is 6.92 Å². The summed E-state index contributed by atoms with van der Waals surface area (Å²) in [5.74, 6) is 0.387. The van der Waals surface area contributed by atoms with Gasteiger partial charge in [0.05, 0.1) is 5.56 Å². The molecule has 0 aromatic heterocycles. The summed E-state index contributed by atoms with van der Waals surface area (Å²) in [6, 6.07) is 7.10. The van der Waals surface area contributed by atoms with E-state index in [1.165, 1.54) is 0 Å². The number of carbonyl (C=O) groups excluding carboxylic acids is 1. The molecule has 2 atom stereocenters. The normalized spacial score (nSPS) is 23.1. The quantitative estimate of drug-likeness (QED) is 0.814. The molecule has 3 nitrogen and oxygen atoms in total. The number of carbonyl (C=O) groups is 1. The van der Waals surface area contributed by atoms with Gasteiger partial charge in [0.2, 0.25) is 0 Å². The van der Waals surface area contributed by atoms with E-state index in [1.54, 1.807) is 18.2 Å². The van der Waals surface area contributed by atoms with Gasteiger partial charge in [-0.05, 0) is 25.0 Å². The number of aliphatic hydroxyl groups is 1. The van der Waals surface area contributed by atoms with Crippen LogP contribution in [-0.4, -0.2) is 23.1 Å². The van der Waals surface area contributed by atoms with Crippen molar-refractivity contribution < 1.29 is 14.6 Å². The SMILES string of the molecule is CCCCCC1Oc2ccccc2C(=O)C1O. The van der Waals surface area contributed by atoms with Gasteiger partial charge >= 0.3 is 0 Å². The molecule has 1 aromatic rings. The Bertz CT molecular complexity index is 400. The van der Waals surface area contributed by atoms with Gasteiger partial charge in [-0.15, -0.1) is 0 Å². The van der Waals surface area contributed by atoms with Gasteiger partial charge in [-0.3, -0.25) is 4.79 Å². The van der Waals surface area contributed by atoms with Crippen molar-refractivity contribution in [1.29, 1.82) is 0 Å². The third-order valence-corrected chi connectivity index (χ3v) is 3.14. The van der Waals surface area contributed by atoms with Gasteiger partial charge in [-0.1, -0.05) is 31.9 Å². The first-order valence-corrected chi connectivity index (χ1v) is 6.22. The Kier molecular flexibility index (Phi) is 3.79. The minimum absolute atomic E-state index is 0.214. The van der Waals surface area contributed by atoms with Crippen LogP contribution in [-0.2, 0) is 0 Å². The molecule has 92 valence electrons. The fourth-order valence-corrected chi connectivity index (χ4v) is 2.14. The summed E-state index contributed by atoms with van der Waals surface area (Å²) in [5.41, 5.74) is 0.492. The third kappa shape index (κ3) is 2.50. The van der Waals surface area contributed by atoms with E-state index in [9.17, 15) is 9.90 Å². The van der Waals surface area contributed by atoms with Crippen LogP contribution in [0, 0.1) is 0 Å². The van der Waals surface area contributed by atoms with Crippen LogP contribution in [0.5, 0.6) is 5.75 Å². The summed E-state index contributed by atoms with van der Waals surface area (Å²) in [6.07, 6.45) is 2.53. The molecule has 0 aliphatic carbocycles. The highest BCUT2D eigenvalue weighted by Gasteiger charge is 2.34. The van der Waals surface area contributed by atoms with Crippen LogP contribution in [0.1, 0.15) is 43.0 Å². The zero-order chi connectivity index (χ0) is 12.3. The Morgan fingerprint density at radius 3 is 2.82 bits per heavy atom. The molecule has 0 saturated carbocycles. The number of fused-ring (bicyclic) bond motifs is 1. The zero-order valence-corrected chi connectivity index (χ0v) is 10.1. The van der Waals surface area contributed by atoms with E-state index in [0.29, 0.717) is 11.3 Å². The highest BCUT2D eigenvalue weighted by atomic mass is 16.5. The molecule has 1 heterocycles. The first-order valence-electron chi connectivity index (χ1n) is 6.22. The Balaban J connectivity index is 2.11. The average molecular weight is 234 g/mol. The van der Waals surface area contributed by atoms with Gasteiger partial charge in [-0.25, -0.2) is 0 Å². The molecular formula is C14H18O3. The monoisotopic (exact) mass is 234 g/mol. The van der Waals surface area contributed by atoms with Crippen LogP contribution < -0.4 is 4.74 Å². The molecule has 2 rings (SSSR count). The molecule has 1 aromatic carbocycles. The molecule has 0 amide bonds. The predicted molar refractivity (Wildman–Crippen MR) is 65.3 cm³/mol. The highest BCUT2D eigenvalue weighted by Crippen LogP contribution is 2.29. The van der Waals surface area contributed by atoms with E-state index in [4.69, 9.17) is 4.74 Å². The molecule has 0 radical (unpaired) electrons. The third-order valence-electron chi connectivity index (χ3n) is 3.14. The van der Waals surface area contributed by atoms with Crippen LogP contribution in [0.3, 0.4) is 0 Å². The van der Waals surface area contributed by atoms with E-state index in [-0.39, 0.29) is 11.9 Å². The smallest absolute Gasteiger partial charge is 0.198 e. The Morgan fingerprint density at radius 2 is 2.06 bits per heavy atom. The molecule has 0 saturated heterocycles. The summed E-state index contributed by atoms with van der Waals surface area (Å²) >= 11 is 0. The largest absolute Gasteiger partial charge is 0.486 e. The molecule has 0 spiro atoms. The lowest BCUT2D eigenvalue weighted by Gasteiger charge is -2.29. The van der Waals surface area contributed by atoms with E-state index < -0.39 is 6.10 Å². The van der Waals surface area contributed by atoms with Crippen molar-refractivity contribution in [3.8, 4) is 5.75 Å². The van der Waals surface area contributed by atoms with Crippen LogP contribution in [0.25, 0.3) is 0 Å². The van der Waals surface area contributed by atoms with E-state index in [1.807, 2.05) is 6.07 Å². The van der Waals surface area contributed by atoms with E-state index >= 15 is 0 Å². The van der Waals surface area contributed by atoms with Gasteiger partial charge in [0.15, 0.2) is 11.9 Å². The first kappa shape index (κ1) is 12.1. The van der Waals surface area contributed by atoms with Crippen LogP contribution in [0.15, 0.2) is 24.3 Å². The van der Waals surface area contributed by atoms with Crippen LogP contribution >= 0.6 is 0 Å². The summed E-state index contributed by atoms with van der Waals surface area (Å²) in [6.45, 7) is 2.12. The van der Waals surface area contributed by atoms with Crippen molar-refractivity contribution in [2.24, 2.45) is 0 Å². The summed E-state index contributed by atoms with van der Waals surface area (Å²) < 4.78 is 5.69. The molecule has 1 aliphatic heterocycles.